The molecule has 43 heavy (non-hydrogen) atoms. The highest BCUT2D eigenvalue weighted by Crippen LogP contribution is 2.61. The average molecular weight is 587 g/mol. The summed E-state index contributed by atoms with van der Waals surface area (Å²) in [5.41, 5.74) is 1.17. The Kier molecular flexibility index (Phi) is 6.64. The first-order valence-electron chi connectivity index (χ1n) is 16.6. The summed E-state index contributed by atoms with van der Waals surface area (Å²) in [5.74, 6) is 1.59. The molecule has 228 valence electrons. The molecule has 3 heterocycles. The number of carbonyl (C=O) groups excluding carboxylic acids is 4. The number of nitrogens with one attached hydrogen (secondary N) is 2. The van der Waals surface area contributed by atoms with E-state index in [0.717, 1.165) is 56.3 Å². The van der Waals surface area contributed by atoms with Crippen molar-refractivity contribution in [1.29, 1.82) is 0 Å². The second kappa shape index (κ2) is 10.4. The summed E-state index contributed by atoms with van der Waals surface area (Å²) in [6.07, 6.45) is 11.8. The van der Waals surface area contributed by atoms with Gasteiger partial charge in [-0.3, -0.25) is 19.2 Å². The molecule has 2 aromatic rings. The number of hydrogen-bond donors (Lipinski definition) is 2. The first kappa shape index (κ1) is 27.3. The van der Waals surface area contributed by atoms with Crippen molar-refractivity contribution in [3.8, 4) is 0 Å². The molecule has 0 radical (unpaired) electrons. The number of fused-ring (bicyclic) bond motifs is 2. The molecule has 0 spiro atoms. The lowest BCUT2D eigenvalue weighted by atomic mass is 9.49. The van der Waals surface area contributed by atoms with Crippen molar-refractivity contribution in [2.24, 2.45) is 40.9 Å². The van der Waals surface area contributed by atoms with E-state index >= 15 is 0 Å². The molecular weight excluding hydrogens is 544 g/mol. The lowest BCUT2D eigenvalue weighted by molar-refractivity contribution is -0.145. The van der Waals surface area contributed by atoms with Gasteiger partial charge in [0.15, 0.2) is 5.58 Å². The zero-order valence-corrected chi connectivity index (χ0v) is 24.8. The fourth-order valence-electron chi connectivity index (χ4n) is 10.6. The smallest absolute Gasteiger partial charge is 0.266 e. The van der Waals surface area contributed by atoms with Crippen molar-refractivity contribution in [3.05, 3.63) is 30.2 Å². The van der Waals surface area contributed by atoms with Crippen LogP contribution in [0.3, 0.4) is 0 Å². The van der Waals surface area contributed by atoms with E-state index in [1.165, 1.54) is 19.3 Å². The molecule has 5 atom stereocenters. The molecule has 9 nitrogen and oxygen atoms in total. The molecule has 1 aromatic heterocycles. The molecule has 2 N–H and O–H groups in total. The van der Waals surface area contributed by atoms with E-state index in [-0.39, 0.29) is 47.3 Å². The van der Waals surface area contributed by atoms with Gasteiger partial charge in [0.25, 0.3) is 5.89 Å². The number of Topliss-reactive ketones (excluding diaryl/α,β-unsaturated/α-hetero) is 1. The SMILES string of the molecule is O=C1NCC[C@H]1C[C@H](NC(=O)[C@@H]1[C@H]2CCC[C@H]2CN1C(=O)CC12CC3CC(CC(C3)C1)C2)C(=O)c1nc2ccccc2o1. The summed E-state index contributed by atoms with van der Waals surface area (Å²) in [6, 6.07) is 5.63. The van der Waals surface area contributed by atoms with Gasteiger partial charge < -0.3 is 20.0 Å². The highest BCUT2D eigenvalue weighted by atomic mass is 16.4. The van der Waals surface area contributed by atoms with Gasteiger partial charge in [0.05, 0.1) is 6.04 Å². The zero-order chi connectivity index (χ0) is 29.3. The maximum atomic E-state index is 14.2. The van der Waals surface area contributed by atoms with Gasteiger partial charge in [0.1, 0.15) is 11.6 Å². The molecule has 0 unspecified atom stereocenters. The number of rotatable bonds is 8. The Morgan fingerprint density at radius 2 is 1.79 bits per heavy atom. The first-order chi connectivity index (χ1) is 20.8. The standard InChI is InChI=1S/C34H42N4O5/c39-28(17-34-14-19-10-20(15-34)12-21(11-19)16-34)38-18-23-4-3-5-24(23)29(38)32(42)36-26(13-22-8-9-35-31(22)41)30(40)33-37-25-6-1-2-7-27(25)43-33/h1-2,6-7,19-24,26,29H,3-5,8-18H2,(H,35,41)(H,36,42)/t19?,20?,21?,22-,23-,24-,26-,29-,34?/m0/s1. The van der Waals surface area contributed by atoms with Crippen LogP contribution in [0.2, 0.25) is 0 Å². The maximum Gasteiger partial charge on any atom is 0.266 e. The Morgan fingerprint density at radius 3 is 2.49 bits per heavy atom. The predicted molar refractivity (Wildman–Crippen MR) is 158 cm³/mol. The van der Waals surface area contributed by atoms with E-state index in [0.29, 0.717) is 42.9 Å². The Balaban J connectivity index is 1.04. The van der Waals surface area contributed by atoms with Crippen LogP contribution < -0.4 is 10.6 Å². The van der Waals surface area contributed by atoms with Gasteiger partial charge in [-0.2, -0.15) is 0 Å². The van der Waals surface area contributed by atoms with Crippen LogP contribution >= 0.6 is 0 Å². The topological polar surface area (TPSA) is 122 Å². The van der Waals surface area contributed by atoms with Gasteiger partial charge in [0.2, 0.25) is 23.5 Å². The number of nitrogens with zero attached hydrogens (tertiary/aromatic N) is 2. The Bertz CT molecular complexity index is 1400. The van der Waals surface area contributed by atoms with Gasteiger partial charge in [-0.05, 0) is 111 Å². The third-order valence-corrected chi connectivity index (χ3v) is 12.0. The van der Waals surface area contributed by atoms with E-state index < -0.39 is 17.9 Å². The predicted octanol–water partition coefficient (Wildman–Crippen LogP) is 4.26. The Labute approximate surface area is 251 Å². The number of benzene rings is 1. The van der Waals surface area contributed by atoms with Crippen LogP contribution in [0, 0.1) is 40.9 Å². The number of ketones is 1. The molecule has 1 aromatic carbocycles. The van der Waals surface area contributed by atoms with E-state index in [1.54, 1.807) is 12.1 Å². The van der Waals surface area contributed by atoms with Crippen molar-refractivity contribution in [3.63, 3.8) is 0 Å². The number of para-hydroxylation sites is 2. The molecule has 5 saturated carbocycles. The van der Waals surface area contributed by atoms with Crippen molar-refractivity contribution in [2.75, 3.05) is 13.1 Å². The van der Waals surface area contributed by atoms with Crippen molar-refractivity contribution >= 4 is 34.6 Å². The summed E-state index contributed by atoms with van der Waals surface area (Å²) in [4.78, 5) is 61.0. The summed E-state index contributed by atoms with van der Waals surface area (Å²) >= 11 is 0. The van der Waals surface area contributed by atoms with E-state index in [4.69, 9.17) is 4.42 Å². The monoisotopic (exact) mass is 586 g/mol. The molecule has 2 aliphatic heterocycles. The number of carbonyl (C=O) groups is 4. The molecule has 7 fully saturated rings. The number of aromatic nitrogens is 1. The van der Waals surface area contributed by atoms with Crippen LogP contribution in [-0.4, -0.2) is 58.6 Å². The Morgan fingerprint density at radius 1 is 1.05 bits per heavy atom. The van der Waals surface area contributed by atoms with Crippen molar-refractivity contribution in [1.82, 2.24) is 20.5 Å². The van der Waals surface area contributed by atoms with Gasteiger partial charge in [-0.25, -0.2) is 4.98 Å². The van der Waals surface area contributed by atoms with Crippen molar-refractivity contribution < 1.29 is 23.6 Å². The normalized spacial score (nSPS) is 36.6. The minimum atomic E-state index is -0.963. The molecule has 3 amide bonds. The second-order valence-electron chi connectivity index (χ2n) is 14.9. The Hall–Kier alpha value is -3.23. The molecular formula is C34H42N4O5. The second-order valence-corrected chi connectivity index (χ2v) is 14.9. The number of oxazole rings is 1. The summed E-state index contributed by atoms with van der Waals surface area (Å²) in [6.45, 7) is 1.18. The van der Waals surface area contributed by atoms with Crippen molar-refractivity contribution in [2.45, 2.75) is 89.1 Å². The number of likely N-dealkylation sites (tertiary alicyclic amines) is 1. The van der Waals surface area contributed by atoms with Crippen LogP contribution in [0.1, 0.15) is 87.7 Å². The van der Waals surface area contributed by atoms with E-state index in [1.807, 2.05) is 17.0 Å². The zero-order valence-electron chi connectivity index (χ0n) is 24.8. The molecule has 9 heteroatoms. The molecule has 5 aliphatic carbocycles. The summed E-state index contributed by atoms with van der Waals surface area (Å²) in [5, 5.41) is 5.89. The average Bonchev–Trinajstić information content (AvgIpc) is 3.75. The minimum absolute atomic E-state index is 0.0650. The lowest BCUT2D eigenvalue weighted by Gasteiger charge is -2.57. The summed E-state index contributed by atoms with van der Waals surface area (Å²) in [7, 11) is 0. The summed E-state index contributed by atoms with van der Waals surface area (Å²) < 4.78 is 5.80. The van der Waals surface area contributed by atoms with Gasteiger partial charge in [-0.15, -0.1) is 0 Å². The maximum absolute atomic E-state index is 14.2. The highest BCUT2D eigenvalue weighted by Gasteiger charge is 2.55. The fraction of sp³-hybridized carbons (Fsp3) is 0.676. The largest absolute Gasteiger partial charge is 0.434 e. The third kappa shape index (κ3) is 4.87. The van der Waals surface area contributed by atoms with Crippen LogP contribution in [-0.2, 0) is 14.4 Å². The van der Waals surface area contributed by atoms with Gasteiger partial charge >= 0.3 is 0 Å². The quantitative estimate of drug-likeness (QED) is 0.446. The number of amides is 3. The first-order valence-corrected chi connectivity index (χ1v) is 16.6. The fourth-order valence-corrected chi connectivity index (χ4v) is 10.6. The lowest BCUT2D eigenvalue weighted by Crippen LogP contribution is -2.54. The van der Waals surface area contributed by atoms with Crippen LogP contribution in [0.5, 0.6) is 0 Å². The molecule has 2 saturated heterocycles. The highest BCUT2D eigenvalue weighted by molar-refractivity contribution is 6.01. The van der Waals surface area contributed by atoms with Gasteiger partial charge in [0, 0.05) is 25.4 Å². The molecule has 4 bridgehead atoms. The molecule has 9 rings (SSSR count). The van der Waals surface area contributed by atoms with Crippen LogP contribution in [0.25, 0.3) is 11.1 Å². The van der Waals surface area contributed by atoms with Crippen LogP contribution in [0.15, 0.2) is 28.7 Å². The minimum Gasteiger partial charge on any atom is -0.434 e. The van der Waals surface area contributed by atoms with E-state index in [2.05, 4.69) is 15.6 Å². The van der Waals surface area contributed by atoms with E-state index in [9.17, 15) is 19.2 Å². The third-order valence-electron chi connectivity index (χ3n) is 12.0. The number of hydrogen-bond acceptors (Lipinski definition) is 6. The van der Waals surface area contributed by atoms with Gasteiger partial charge in [-0.1, -0.05) is 18.6 Å². The van der Waals surface area contributed by atoms with Crippen LogP contribution in [0.4, 0.5) is 0 Å². The molecule has 7 aliphatic rings.